The third kappa shape index (κ3) is 3.55. The van der Waals surface area contributed by atoms with Crippen molar-refractivity contribution >= 4 is 28.3 Å². The number of amides is 2. The molecule has 0 atom stereocenters. The molecule has 0 bridgehead atoms. The van der Waals surface area contributed by atoms with E-state index in [1.807, 2.05) is 12.4 Å². The van der Waals surface area contributed by atoms with Gasteiger partial charge in [-0.15, -0.1) is 11.3 Å². The molecule has 0 unspecified atom stereocenters. The number of aromatic nitrogens is 1. The second kappa shape index (κ2) is 6.81. The van der Waals surface area contributed by atoms with Gasteiger partial charge in [0.25, 0.3) is 0 Å². The first-order valence-corrected chi connectivity index (χ1v) is 7.63. The molecule has 0 saturated carbocycles. The van der Waals surface area contributed by atoms with E-state index in [2.05, 4.69) is 10.3 Å². The lowest BCUT2D eigenvalue weighted by atomic mass is 10.3. The first-order chi connectivity index (χ1) is 9.61. The Labute approximate surface area is 122 Å². The highest BCUT2D eigenvalue weighted by atomic mass is 32.1. The van der Waals surface area contributed by atoms with Gasteiger partial charge in [-0.05, 0) is 13.5 Å². The summed E-state index contributed by atoms with van der Waals surface area (Å²) in [5, 5.41) is 5.59. The molecule has 7 heteroatoms. The Bertz CT molecular complexity index is 488. The van der Waals surface area contributed by atoms with Crippen LogP contribution in [0.2, 0.25) is 0 Å². The van der Waals surface area contributed by atoms with Crippen molar-refractivity contribution in [2.45, 2.75) is 19.3 Å². The predicted molar refractivity (Wildman–Crippen MR) is 79.0 cm³/mol. The Hall–Kier alpha value is -1.47. The monoisotopic (exact) mass is 296 g/mol. The van der Waals surface area contributed by atoms with Gasteiger partial charge in [0.15, 0.2) is 5.13 Å². The van der Waals surface area contributed by atoms with Crippen LogP contribution in [0.5, 0.6) is 0 Å². The van der Waals surface area contributed by atoms with Crippen molar-refractivity contribution in [3.8, 4) is 0 Å². The van der Waals surface area contributed by atoms with E-state index < -0.39 is 0 Å². The fourth-order valence-corrected chi connectivity index (χ4v) is 2.91. The van der Waals surface area contributed by atoms with E-state index in [4.69, 9.17) is 0 Å². The van der Waals surface area contributed by atoms with Crippen LogP contribution in [0.4, 0.5) is 5.13 Å². The van der Waals surface area contributed by atoms with Crippen LogP contribution in [0.15, 0.2) is 5.38 Å². The first kappa shape index (κ1) is 14.9. The van der Waals surface area contributed by atoms with Gasteiger partial charge in [-0.1, -0.05) is 0 Å². The number of anilines is 1. The van der Waals surface area contributed by atoms with Crippen LogP contribution in [0.1, 0.15) is 18.5 Å². The van der Waals surface area contributed by atoms with E-state index in [1.54, 1.807) is 16.8 Å². The maximum Gasteiger partial charge on any atom is 0.228 e. The lowest BCUT2D eigenvalue weighted by Crippen LogP contribution is -2.33. The van der Waals surface area contributed by atoms with Crippen LogP contribution in [0, 0.1) is 0 Å². The highest BCUT2D eigenvalue weighted by Gasteiger charge is 2.24. The molecule has 0 radical (unpaired) electrons. The lowest BCUT2D eigenvalue weighted by molar-refractivity contribution is -0.129. The van der Waals surface area contributed by atoms with Gasteiger partial charge in [0, 0.05) is 38.5 Å². The lowest BCUT2D eigenvalue weighted by Gasteiger charge is -2.16. The summed E-state index contributed by atoms with van der Waals surface area (Å²) in [4.78, 5) is 31.4. The van der Waals surface area contributed by atoms with Gasteiger partial charge in [-0.25, -0.2) is 4.98 Å². The molecular formula is C13H20N4O2S. The minimum absolute atomic E-state index is 0.0462. The van der Waals surface area contributed by atoms with Crippen molar-refractivity contribution < 1.29 is 9.59 Å². The number of hydrogen-bond acceptors (Lipinski definition) is 5. The fraction of sp³-hybridized carbons (Fsp3) is 0.615. The van der Waals surface area contributed by atoms with Crippen LogP contribution in [-0.4, -0.2) is 55.4 Å². The largest absolute Gasteiger partial charge is 0.344 e. The molecule has 2 rings (SSSR count). The second-order valence-corrected chi connectivity index (χ2v) is 5.70. The van der Waals surface area contributed by atoms with E-state index in [9.17, 15) is 9.59 Å². The van der Waals surface area contributed by atoms with Crippen molar-refractivity contribution in [1.29, 1.82) is 0 Å². The molecular weight excluding hydrogens is 276 g/mol. The normalized spacial score (nSPS) is 14.9. The number of rotatable bonds is 6. The number of nitrogens with one attached hydrogen (secondary N) is 1. The zero-order chi connectivity index (χ0) is 14.5. The predicted octanol–water partition coefficient (Wildman–Crippen LogP) is 0.490. The van der Waals surface area contributed by atoms with Gasteiger partial charge in [0.1, 0.15) is 0 Å². The molecule has 110 valence electrons. The van der Waals surface area contributed by atoms with Gasteiger partial charge in [0.05, 0.1) is 12.1 Å². The Morgan fingerprint density at radius 3 is 3.05 bits per heavy atom. The fourth-order valence-electron chi connectivity index (χ4n) is 2.05. The molecule has 1 fully saturated rings. The zero-order valence-corrected chi connectivity index (χ0v) is 12.7. The Morgan fingerprint density at radius 1 is 1.60 bits per heavy atom. The first-order valence-electron chi connectivity index (χ1n) is 6.75. The van der Waals surface area contributed by atoms with Crippen molar-refractivity contribution in [3.63, 3.8) is 0 Å². The van der Waals surface area contributed by atoms with Gasteiger partial charge < -0.3 is 10.2 Å². The molecule has 1 aromatic rings. The summed E-state index contributed by atoms with van der Waals surface area (Å²) < 4.78 is 0. The number of carbonyl (C=O) groups excluding carboxylic acids is 2. The molecule has 2 heterocycles. The molecule has 6 nitrogen and oxygen atoms in total. The standard InChI is InChI=1S/C13H20N4O2S/c1-14-5-7-16(2)12(19)8-10-9-20-13(15-10)17-6-3-4-11(17)18/h9,14H,3-8H2,1-2H3. The minimum atomic E-state index is 0.0462. The average Bonchev–Trinajstić information content (AvgIpc) is 3.04. The summed E-state index contributed by atoms with van der Waals surface area (Å²) in [7, 11) is 3.65. The molecule has 1 aromatic heterocycles. The van der Waals surface area contributed by atoms with E-state index in [1.165, 1.54) is 11.3 Å². The molecule has 2 amide bonds. The number of thiazole rings is 1. The van der Waals surface area contributed by atoms with Gasteiger partial charge in [-0.2, -0.15) is 0 Å². The zero-order valence-electron chi connectivity index (χ0n) is 11.9. The summed E-state index contributed by atoms with van der Waals surface area (Å²) in [6.07, 6.45) is 1.78. The smallest absolute Gasteiger partial charge is 0.228 e. The van der Waals surface area contributed by atoms with Crippen LogP contribution >= 0.6 is 11.3 Å². The summed E-state index contributed by atoms with van der Waals surface area (Å²) in [5.41, 5.74) is 0.742. The summed E-state index contributed by atoms with van der Waals surface area (Å²) in [6.45, 7) is 2.19. The highest BCUT2D eigenvalue weighted by Crippen LogP contribution is 2.25. The van der Waals surface area contributed by atoms with E-state index in [-0.39, 0.29) is 11.8 Å². The molecule has 1 saturated heterocycles. The van der Waals surface area contributed by atoms with Crippen LogP contribution in [0.3, 0.4) is 0 Å². The number of carbonyl (C=O) groups is 2. The second-order valence-electron chi connectivity index (χ2n) is 4.87. The van der Waals surface area contributed by atoms with Crippen molar-refractivity contribution in [3.05, 3.63) is 11.1 Å². The highest BCUT2D eigenvalue weighted by molar-refractivity contribution is 7.14. The molecule has 0 aliphatic carbocycles. The number of nitrogens with zero attached hydrogens (tertiary/aromatic N) is 3. The Balaban J connectivity index is 1.92. The average molecular weight is 296 g/mol. The molecule has 0 spiro atoms. The maximum absolute atomic E-state index is 12.0. The van der Waals surface area contributed by atoms with Gasteiger partial charge >= 0.3 is 0 Å². The molecule has 1 aliphatic rings. The minimum Gasteiger partial charge on any atom is -0.344 e. The maximum atomic E-state index is 12.0. The van der Waals surface area contributed by atoms with E-state index in [0.29, 0.717) is 24.5 Å². The molecule has 0 aromatic carbocycles. The van der Waals surface area contributed by atoms with Crippen molar-refractivity contribution in [1.82, 2.24) is 15.2 Å². The Morgan fingerprint density at radius 2 is 2.40 bits per heavy atom. The Kier molecular flexibility index (Phi) is 5.08. The number of likely N-dealkylation sites (N-methyl/N-ethyl adjacent to an activating group) is 2. The topological polar surface area (TPSA) is 65.5 Å². The summed E-state index contributed by atoms with van der Waals surface area (Å²) in [5.74, 6) is 0.174. The van der Waals surface area contributed by atoms with Crippen molar-refractivity contribution in [2.24, 2.45) is 0 Å². The van der Waals surface area contributed by atoms with Gasteiger partial charge in [-0.3, -0.25) is 14.5 Å². The van der Waals surface area contributed by atoms with Crippen molar-refractivity contribution in [2.75, 3.05) is 38.6 Å². The summed E-state index contributed by atoms with van der Waals surface area (Å²) >= 11 is 1.43. The number of hydrogen-bond donors (Lipinski definition) is 1. The third-order valence-corrected chi connectivity index (χ3v) is 4.21. The SMILES string of the molecule is CNCCN(C)C(=O)Cc1csc(N2CCCC2=O)n1. The van der Waals surface area contributed by atoms with E-state index in [0.717, 1.165) is 25.2 Å². The van der Waals surface area contributed by atoms with E-state index >= 15 is 0 Å². The molecule has 20 heavy (non-hydrogen) atoms. The van der Waals surface area contributed by atoms with Crippen LogP contribution < -0.4 is 10.2 Å². The molecule has 1 N–H and O–H groups in total. The molecule has 1 aliphatic heterocycles. The third-order valence-electron chi connectivity index (χ3n) is 3.30. The van der Waals surface area contributed by atoms with Crippen LogP contribution in [-0.2, 0) is 16.0 Å². The van der Waals surface area contributed by atoms with Gasteiger partial charge in [0.2, 0.25) is 11.8 Å². The quantitative estimate of drug-likeness (QED) is 0.830. The summed E-state index contributed by atoms with van der Waals surface area (Å²) in [6, 6.07) is 0. The van der Waals surface area contributed by atoms with Crippen LogP contribution in [0.25, 0.3) is 0 Å².